The van der Waals surface area contributed by atoms with E-state index in [-0.39, 0.29) is 0 Å². The van der Waals surface area contributed by atoms with Crippen LogP contribution in [0.3, 0.4) is 0 Å². The molecule has 0 aliphatic carbocycles. The number of nitrogens with zero attached hydrogens (tertiary/aromatic N) is 1. The van der Waals surface area contributed by atoms with Crippen LogP contribution in [0.25, 0.3) is 6.08 Å². The lowest BCUT2D eigenvalue weighted by molar-refractivity contribution is -0.400. The largest absolute Gasteiger partial charge is 0.496 e. The first kappa shape index (κ1) is 15.4. The van der Waals surface area contributed by atoms with Gasteiger partial charge in [-0.1, -0.05) is 13.8 Å². The van der Waals surface area contributed by atoms with Gasteiger partial charge in [0, 0.05) is 16.9 Å². The van der Waals surface area contributed by atoms with Crippen LogP contribution in [0.4, 0.5) is 0 Å². The fourth-order valence-electron chi connectivity index (χ4n) is 1.51. The van der Waals surface area contributed by atoms with Crippen molar-refractivity contribution in [2.45, 2.75) is 24.0 Å². The van der Waals surface area contributed by atoms with Crippen LogP contribution in [-0.4, -0.2) is 24.4 Å². The first-order chi connectivity index (χ1) is 8.97. The molecule has 0 aliphatic rings. The fourth-order valence-corrected chi connectivity index (χ4v) is 2.45. The number of ether oxygens (including phenoxy) is 2. The summed E-state index contributed by atoms with van der Waals surface area (Å²) in [4.78, 5) is 10.8. The second-order valence-corrected chi connectivity index (χ2v) is 5.63. The van der Waals surface area contributed by atoms with Gasteiger partial charge in [0.15, 0.2) is 0 Å². The minimum absolute atomic E-state index is 0.402. The lowest BCUT2D eigenvalue weighted by Gasteiger charge is -2.14. The Morgan fingerprint density at radius 3 is 2.37 bits per heavy atom. The number of hydrogen-bond donors (Lipinski definition) is 0. The van der Waals surface area contributed by atoms with Gasteiger partial charge in [-0.3, -0.25) is 10.1 Å². The minimum Gasteiger partial charge on any atom is -0.496 e. The van der Waals surface area contributed by atoms with Crippen molar-refractivity contribution in [3.63, 3.8) is 0 Å². The monoisotopic (exact) mass is 283 g/mol. The van der Waals surface area contributed by atoms with E-state index < -0.39 is 4.92 Å². The molecule has 1 rings (SSSR count). The Morgan fingerprint density at radius 1 is 1.26 bits per heavy atom. The highest BCUT2D eigenvalue weighted by Gasteiger charge is 2.12. The molecule has 1 aromatic rings. The Bertz CT molecular complexity index is 486. The Balaban J connectivity index is 3.22. The van der Waals surface area contributed by atoms with Gasteiger partial charge in [0.1, 0.15) is 11.5 Å². The summed E-state index contributed by atoms with van der Waals surface area (Å²) < 4.78 is 10.6. The fraction of sp³-hybridized carbons (Fsp3) is 0.385. The molecule has 0 saturated heterocycles. The van der Waals surface area contributed by atoms with Crippen molar-refractivity contribution in [2.24, 2.45) is 0 Å². The lowest BCUT2D eigenvalue weighted by atomic mass is 10.2. The highest BCUT2D eigenvalue weighted by atomic mass is 32.2. The molecule has 19 heavy (non-hydrogen) atoms. The molecule has 0 amide bonds. The van der Waals surface area contributed by atoms with Crippen molar-refractivity contribution >= 4 is 17.8 Å². The molecule has 0 spiro atoms. The summed E-state index contributed by atoms with van der Waals surface area (Å²) in [5, 5.41) is 10.8. The van der Waals surface area contributed by atoms with E-state index in [9.17, 15) is 10.1 Å². The van der Waals surface area contributed by atoms with E-state index in [1.165, 1.54) is 13.2 Å². The molecular formula is C13H17NO4S. The number of nitro groups is 1. The summed E-state index contributed by atoms with van der Waals surface area (Å²) in [6.07, 6.45) is 2.28. The summed E-state index contributed by atoms with van der Waals surface area (Å²) in [5.74, 6) is 1.27. The molecule has 1 aromatic carbocycles. The van der Waals surface area contributed by atoms with E-state index in [4.69, 9.17) is 9.47 Å². The van der Waals surface area contributed by atoms with Gasteiger partial charge in [-0.25, -0.2) is 0 Å². The molecule has 0 radical (unpaired) electrons. The predicted octanol–water partition coefficient (Wildman–Crippen LogP) is 3.45. The molecule has 0 saturated carbocycles. The van der Waals surface area contributed by atoms with Crippen molar-refractivity contribution in [3.05, 3.63) is 34.0 Å². The van der Waals surface area contributed by atoms with E-state index in [1.54, 1.807) is 24.9 Å². The van der Waals surface area contributed by atoms with Crippen molar-refractivity contribution in [2.75, 3.05) is 14.2 Å². The second kappa shape index (κ2) is 7.04. The number of rotatable bonds is 6. The number of thioether (sulfide) groups is 1. The lowest BCUT2D eigenvalue weighted by Crippen LogP contribution is -1.95. The van der Waals surface area contributed by atoms with Crippen LogP contribution < -0.4 is 9.47 Å². The normalized spacial score (nSPS) is 11.0. The summed E-state index contributed by atoms with van der Waals surface area (Å²) in [5.41, 5.74) is 0.615. The number of methoxy groups -OCH3 is 2. The molecule has 0 N–H and O–H groups in total. The molecule has 5 nitrogen and oxygen atoms in total. The van der Waals surface area contributed by atoms with Crippen molar-refractivity contribution in [1.29, 1.82) is 0 Å². The zero-order valence-corrected chi connectivity index (χ0v) is 12.2. The van der Waals surface area contributed by atoms with E-state index >= 15 is 0 Å². The molecule has 0 heterocycles. The van der Waals surface area contributed by atoms with Crippen LogP contribution in [0.1, 0.15) is 19.4 Å². The highest BCUT2D eigenvalue weighted by Crippen LogP contribution is 2.37. The average molecular weight is 283 g/mol. The van der Waals surface area contributed by atoms with E-state index in [0.717, 1.165) is 11.1 Å². The SMILES string of the molecule is COc1cc(SC(C)C)c(OC)cc1C=C[N+](=O)[O-]. The van der Waals surface area contributed by atoms with E-state index in [1.807, 2.05) is 6.07 Å². The zero-order chi connectivity index (χ0) is 14.4. The summed E-state index contributed by atoms with van der Waals surface area (Å²) in [6, 6.07) is 3.58. The average Bonchev–Trinajstić information content (AvgIpc) is 2.35. The van der Waals surface area contributed by atoms with Gasteiger partial charge in [-0.05, 0) is 12.1 Å². The Labute approximate surface area is 116 Å². The molecule has 0 fully saturated rings. The third-order valence-corrected chi connectivity index (χ3v) is 3.30. The highest BCUT2D eigenvalue weighted by molar-refractivity contribution is 8.00. The maximum Gasteiger partial charge on any atom is 0.235 e. The van der Waals surface area contributed by atoms with Crippen molar-refractivity contribution in [1.82, 2.24) is 0 Å². The summed E-state index contributed by atoms with van der Waals surface area (Å²) in [7, 11) is 3.11. The molecule has 104 valence electrons. The Hall–Kier alpha value is -1.69. The number of benzene rings is 1. The molecule has 0 aromatic heterocycles. The van der Waals surface area contributed by atoms with Gasteiger partial charge in [0.05, 0.1) is 24.0 Å². The predicted molar refractivity (Wildman–Crippen MR) is 76.6 cm³/mol. The van der Waals surface area contributed by atoms with Crippen LogP contribution in [0.2, 0.25) is 0 Å². The first-order valence-electron chi connectivity index (χ1n) is 5.72. The third kappa shape index (κ3) is 4.48. The molecule has 0 unspecified atom stereocenters. The maximum atomic E-state index is 10.4. The van der Waals surface area contributed by atoms with Gasteiger partial charge < -0.3 is 9.47 Å². The third-order valence-electron chi connectivity index (χ3n) is 2.25. The molecule has 6 heteroatoms. The van der Waals surface area contributed by atoms with Crippen LogP contribution in [0, 0.1) is 10.1 Å². The van der Waals surface area contributed by atoms with Crippen LogP contribution >= 0.6 is 11.8 Å². The first-order valence-corrected chi connectivity index (χ1v) is 6.60. The van der Waals surface area contributed by atoms with E-state index in [0.29, 0.717) is 22.3 Å². The van der Waals surface area contributed by atoms with Gasteiger partial charge in [0.25, 0.3) is 0 Å². The zero-order valence-electron chi connectivity index (χ0n) is 11.4. The van der Waals surface area contributed by atoms with Gasteiger partial charge >= 0.3 is 0 Å². The Morgan fingerprint density at radius 2 is 1.89 bits per heavy atom. The van der Waals surface area contributed by atoms with Crippen LogP contribution in [-0.2, 0) is 0 Å². The van der Waals surface area contributed by atoms with Crippen molar-refractivity contribution < 1.29 is 14.4 Å². The topological polar surface area (TPSA) is 61.6 Å². The standard InChI is InChI=1S/C13H17NO4S/c1-9(2)19-13-8-11(17-3)10(5-6-14(15)16)7-12(13)18-4/h5-9H,1-4H3. The molecule has 0 aliphatic heterocycles. The molecule has 0 atom stereocenters. The summed E-state index contributed by atoms with van der Waals surface area (Å²) in [6.45, 7) is 4.16. The minimum atomic E-state index is -0.511. The van der Waals surface area contributed by atoms with E-state index in [2.05, 4.69) is 13.8 Å². The quantitative estimate of drug-likeness (QED) is 0.454. The smallest absolute Gasteiger partial charge is 0.235 e. The van der Waals surface area contributed by atoms with Gasteiger partial charge in [-0.15, -0.1) is 11.8 Å². The van der Waals surface area contributed by atoms with Gasteiger partial charge in [-0.2, -0.15) is 0 Å². The Kier molecular flexibility index (Phi) is 5.69. The molecular weight excluding hydrogens is 266 g/mol. The van der Waals surface area contributed by atoms with Crippen LogP contribution in [0.5, 0.6) is 11.5 Å². The van der Waals surface area contributed by atoms with Gasteiger partial charge in [0.2, 0.25) is 6.20 Å². The maximum absolute atomic E-state index is 10.4. The molecule has 0 bridgehead atoms. The number of hydrogen-bond acceptors (Lipinski definition) is 5. The van der Waals surface area contributed by atoms with Crippen molar-refractivity contribution in [3.8, 4) is 11.5 Å². The summed E-state index contributed by atoms with van der Waals surface area (Å²) >= 11 is 1.65. The second-order valence-electron chi connectivity index (χ2n) is 4.01. The van der Waals surface area contributed by atoms with Crippen LogP contribution in [0.15, 0.2) is 23.2 Å².